The first-order chi connectivity index (χ1) is 13.4. The highest BCUT2D eigenvalue weighted by atomic mass is 127. The third-order valence-electron chi connectivity index (χ3n) is 4.39. The minimum atomic E-state index is -3.30. The lowest BCUT2D eigenvalue weighted by molar-refractivity contribution is 0.0904. The van der Waals surface area contributed by atoms with Crippen LogP contribution in [0.15, 0.2) is 23.3 Å². The van der Waals surface area contributed by atoms with E-state index in [4.69, 9.17) is 9.47 Å². The molecular formula is C18H32IN5O4S. The topological polar surface area (TPSA) is 96.4 Å². The Labute approximate surface area is 190 Å². The normalized spacial score (nSPS) is 15.9. The molecule has 29 heavy (non-hydrogen) atoms. The molecule has 0 radical (unpaired) electrons. The molecule has 1 N–H and O–H groups in total. The highest BCUT2D eigenvalue weighted by Gasteiger charge is 2.27. The van der Waals surface area contributed by atoms with E-state index in [2.05, 4.69) is 20.2 Å². The predicted molar refractivity (Wildman–Crippen MR) is 124 cm³/mol. The fraction of sp³-hybridized carbons (Fsp3) is 0.667. The molecule has 166 valence electrons. The molecule has 0 atom stereocenters. The Bertz CT molecular complexity index is 752. The maximum absolute atomic E-state index is 12.4. The van der Waals surface area contributed by atoms with E-state index in [0.29, 0.717) is 38.6 Å². The molecule has 1 aromatic heterocycles. The smallest absolute Gasteiger partial charge is 0.216 e. The summed E-state index contributed by atoms with van der Waals surface area (Å²) in [7, 11) is 0.0111. The number of aromatic nitrogens is 1. The predicted octanol–water partition coefficient (Wildman–Crippen LogP) is 1.16. The molecule has 0 saturated carbocycles. The van der Waals surface area contributed by atoms with Gasteiger partial charge in [-0.15, -0.1) is 24.0 Å². The van der Waals surface area contributed by atoms with E-state index >= 15 is 0 Å². The SMILES string of the molecule is CN=C(NCc1ccnc(OC)c1)N1CCN(S(=O)(=O)CCOC(C)C)CC1.I. The molecule has 1 fully saturated rings. The summed E-state index contributed by atoms with van der Waals surface area (Å²) >= 11 is 0. The van der Waals surface area contributed by atoms with Crippen LogP contribution in [0.1, 0.15) is 19.4 Å². The summed E-state index contributed by atoms with van der Waals surface area (Å²) in [6.07, 6.45) is 1.73. The largest absolute Gasteiger partial charge is 0.481 e. The zero-order chi connectivity index (χ0) is 20.6. The summed E-state index contributed by atoms with van der Waals surface area (Å²) in [5.74, 6) is 1.33. The molecule has 1 aromatic rings. The van der Waals surface area contributed by atoms with Crippen LogP contribution in [-0.2, 0) is 21.3 Å². The molecule has 0 aliphatic carbocycles. The van der Waals surface area contributed by atoms with E-state index in [1.54, 1.807) is 20.4 Å². The fourth-order valence-corrected chi connectivity index (χ4v) is 4.17. The van der Waals surface area contributed by atoms with Crippen molar-refractivity contribution in [2.45, 2.75) is 26.5 Å². The van der Waals surface area contributed by atoms with Gasteiger partial charge in [-0.1, -0.05) is 0 Å². The summed E-state index contributed by atoms with van der Waals surface area (Å²) in [4.78, 5) is 10.5. The van der Waals surface area contributed by atoms with Gasteiger partial charge in [0.25, 0.3) is 0 Å². The average Bonchev–Trinajstić information content (AvgIpc) is 2.68. The number of methoxy groups -OCH3 is 1. The third-order valence-corrected chi connectivity index (χ3v) is 6.23. The molecule has 1 aliphatic heterocycles. The zero-order valence-corrected chi connectivity index (χ0v) is 20.6. The van der Waals surface area contributed by atoms with Gasteiger partial charge in [0, 0.05) is 52.0 Å². The van der Waals surface area contributed by atoms with Crippen molar-refractivity contribution < 1.29 is 17.9 Å². The Morgan fingerprint density at radius 1 is 1.31 bits per heavy atom. The number of rotatable bonds is 8. The van der Waals surface area contributed by atoms with E-state index in [-0.39, 0.29) is 42.4 Å². The van der Waals surface area contributed by atoms with Gasteiger partial charge in [-0.25, -0.2) is 13.4 Å². The molecule has 0 aromatic carbocycles. The van der Waals surface area contributed by atoms with Crippen LogP contribution in [0.2, 0.25) is 0 Å². The number of hydrogen-bond donors (Lipinski definition) is 1. The van der Waals surface area contributed by atoms with Crippen LogP contribution >= 0.6 is 24.0 Å². The van der Waals surface area contributed by atoms with Crippen LogP contribution in [0, 0.1) is 0 Å². The maximum atomic E-state index is 12.4. The number of hydrogen-bond acceptors (Lipinski definition) is 6. The molecule has 1 aliphatic rings. The first-order valence-electron chi connectivity index (χ1n) is 9.39. The van der Waals surface area contributed by atoms with Crippen LogP contribution in [0.5, 0.6) is 5.88 Å². The summed E-state index contributed by atoms with van der Waals surface area (Å²) in [5, 5.41) is 3.31. The first-order valence-corrected chi connectivity index (χ1v) is 11.0. The van der Waals surface area contributed by atoms with E-state index < -0.39 is 10.0 Å². The molecule has 0 unspecified atom stereocenters. The lowest BCUT2D eigenvalue weighted by atomic mass is 10.2. The number of pyridine rings is 1. The van der Waals surface area contributed by atoms with Gasteiger partial charge in [-0.2, -0.15) is 4.31 Å². The van der Waals surface area contributed by atoms with Crippen molar-refractivity contribution in [1.29, 1.82) is 0 Å². The van der Waals surface area contributed by atoms with Crippen molar-refractivity contribution in [1.82, 2.24) is 19.5 Å². The number of nitrogens with one attached hydrogen (secondary N) is 1. The van der Waals surface area contributed by atoms with Crippen molar-refractivity contribution in [2.75, 3.05) is 52.7 Å². The van der Waals surface area contributed by atoms with Gasteiger partial charge in [0.1, 0.15) is 0 Å². The molecule has 2 rings (SSSR count). The first kappa shape index (κ1) is 25.9. The van der Waals surface area contributed by atoms with E-state index in [1.807, 2.05) is 26.0 Å². The van der Waals surface area contributed by atoms with Crippen LogP contribution < -0.4 is 10.1 Å². The van der Waals surface area contributed by atoms with Crippen LogP contribution in [0.25, 0.3) is 0 Å². The molecule has 1 saturated heterocycles. The van der Waals surface area contributed by atoms with Gasteiger partial charge in [0.05, 0.1) is 25.6 Å². The minimum absolute atomic E-state index is 0. The summed E-state index contributed by atoms with van der Waals surface area (Å²) in [6.45, 7) is 6.64. The number of nitrogens with zero attached hydrogens (tertiary/aromatic N) is 4. The summed E-state index contributed by atoms with van der Waals surface area (Å²) in [5.41, 5.74) is 1.03. The van der Waals surface area contributed by atoms with Crippen LogP contribution in [0.3, 0.4) is 0 Å². The van der Waals surface area contributed by atoms with Gasteiger partial charge in [-0.3, -0.25) is 4.99 Å². The van der Waals surface area contributed by atoms with E-state index in [0.717, 1.165) is 11.5 Å². The van der Waals surface area contributed by atoms with Crippen LogP contribution in [-0.4, -0.2) is 87.4 Å². The Kier molecular flexibility index (Phi) is 11.1. The van der Waals surface area contributed by atoms with Crippen molar-refractivity contribution in [2.24, 2.45) is 4.99 Å². The Morgan fingerprint density at radius 2 is 2.00 bits per heavy atom. The quantitative estimate of drug-likeness (QED) is 0.300. The monoisotopic (exact) mass is 541 g/mol. The standard InChI is InChI=1S/C18H31N5O4S.HI/c1-15(2)27-11-12-28(24,25)23-9-7-22(8-10-23)18(19-3)21-14-16-5-6-20-17(13-16)26-4;/h5-6,13,15H,7-12,14H2,1-4H3,(H,19,21);1H. The minimum Gasteiger partial charge on any atom is -0.481 e. The maximum Gasteiger partial charge on any atom is 0.216 e. The molecule has 0 amide bonds. The number of guanidine groups is 1. The molecule has 2 heterocycles. The molecular weight excluding hydrogens is 509 g/mol. The lowest BCUT2D eigenvalue weighted by Crippen LogP contribution is -2.54. The zero-order valence-electron chi connectivity index (χ0n) is 17.5. The van der Waals surface area contributed by atoms with Crippen molar-refractivity contribution >= 4 is 40.0 Å². The molecule has 0 bridgehead atoms. The van der Waals surface area contributed by atoms with Gasteiger partial charge in [0.15, 0.2) is 5.96 Å². The highest BCUT2D eigenvalue weighted by molar-refractivity contribution is 14.0. The Balaban J connectivity index is 0.00000420. The van der Waals surface area contributed by atoms with Crippen molar-refractivity contribution in [3.05, 3.63) is 23.9 Å². The second-order valence-corrected chi connectivity index (χ2v) is 8.82. The molecule has 11 heteroatoms. The third kappa shape index (κ3) is 8.22. The fourth-order valence-electron chi connectivity index (χ4n) is 2.88. The molecule has 9 nitrogen and oxygen atoms in total. The highest BCUT2D eigenvalue weighted by Crippen LogP contribution is 2.11. The van der Waals surface area contributed by atoms with E-state index in [9.17, 15) is 8.42 Å². The van der Waals surface area contributed by atoms with Gasteiger partial charge >= 0.3 is 0 Å². The average molecular weight is 541 g/mol. The number of ether oxygens (including phenoxy) is 2. The second-order valence-electron chi connectivity index (χ2n) is 6.73. The Morgan fingerprint density at radius 3 is 2.59 bits per heavy atom. The Hall–Kier alpha value is -1.18. The summed E-state index contributed by atoms with van der Waals surface area (Å²) < 4.78 is 36.9. The number of piperazine rings is 1. The summed E-state index contributed by atoms with van der Waals surface area (Å²) in [6, 6.07) is 3.77. The molecule has 0 spiro atoms. The second kappa shape index (κ2) is 12.5. The van der Waals surface area contributed by atoms with E-state index in [1.165, 1.54) is 4.31 Å². The van der Waals surface area contributed by atoms with Gasteiger partial charge < -0.3 is 19.7 Å². The number of sulfonamides is 1. The number of aliphatic imine (C=N–C) groups is 1. The van der Waals surface area contributed by atoms with Crippen molar-refractivity contribution in [3.63, 3.8) is 0 Å². The van der Waals surface area contributed by atoms with Crippen LogP contribution in [0.4, 0.5) is 0 Å². The van der Waals surface area contributed by atoms with Gasteiger partial charge in [-0.05, 0) is 25.5 Å². The number of halogens is 1. The van der Waals surface area contributed by atoms with Crippen molar-refractivity contribution in [3.8, 4) is 5.88 Å². The lowest BCUT2D eigenvalue weighted by Gasteiger charge is -2.35. The van der Waals surface area contributed by atoms with Gasteiger partial charge in [0.2, 0.25) is 15.9 Å².